The van der Waals surface area contributed by atoms with E-state index in [9.17, 15) is 14.9 Å². The van der Waals surface area contributed by atoms with Gasteiger partial charge in [-0.25, -0.2) is 0 Å². The second kappa shape index (κ2) is 8.80. The van der Waals surface area contributed by atoms with E-state index in [2.05, 4.69) is 0 Å². The van der Waals surface area contributed by atoms with Crippen LogP contribution in [-0.4, -0.2) is 35.7 Å². The number of hydrogen-bond acceptors (Lipinski definition) is 5. The summed E-state index contributed by atoms with van der Waals surface area (Å²) in [6.07, 6.45) is 0. The summed E-state index contributed by atoms with van der Waals surface area (Å²) < 4.78 is 13.5. The Kier molecular flexibility index (Phi) is 6.72. The van der Waals surface area contributed by atoms with Crippen LogP contribution in [0.15, 0.2) is 16.9 Å². The Hall–Kier alpha value is -2.69. The van der Waals surface area contributed by atoms with E-state index in [4.69, 9.17) is 9.47 Å². The number of aromatic nitrogens is 2. The third-order valence-electron chi connectivity index (χ3n) is 4.70. The molecule has 2 aromatic heterocycles. The predicted molar refractivity (Wildman–Crippen MR) is 101 cm³/mol. The lowest BCUT2D eigenvalue weighted by Gasteiger charge is -2.13. The highest BCUT2D eigenvalue weighted by molar-refractivity contribution is 5.97. The molecule has 0 fully saturated rings. The van der Waals surface area contributed by atoms with E-state index in [-0.39, 0.29) is 24.5 Å². The first-order valence-corrected chi connectivity index (χ1v) is 8.66. The third-order valence-corrected chi connectivity index (χ3v) is 4.70. The molecule has 0 saturated heterocycles. The van der Waals surface area contributed by atoms with Crippen molar-refractivity contribution in [3.8, 4) is 6.07 Å². The molecule has 2 heterocycles. The van der Waals surface area contributed by atoms with Gasteiger partial charge >= 0.3 is 0 Å². The van der Waals surface area contributed by atoms with Crippen molar-refractivity contribution in [2.75, 3.05) is 20.8 Å². The van der Waals surface area contributed by atoms with Crippen LogP contribution in [-0.2, 0) is 29.2 Å². The number of carbonyl (C=O) groups is 1. The highest BCUT2D eigenvalue weighted by Gasteiger charge is 2.19. The summed E-state index contributed by atoms with van der Waals surface area (Å²) in [5.74, 6) is -0.166. The van der Waals surface area contributed by atoms with E-state index in [1.54, 1.807) is 20.1 Å². The molecule has 0 bridgehead atoms. The van der Waals surface area contributed by atoms with Crippen LogP contribution in [0, 0.1) is 32.1 Å². The number of ketones is 1. The highest BCUT2D eigenvalue weighted by atomic mass is 16.5. The molecule has 0 atom stereocenters. The molecule has 0 aliphatic rings. The van der Waals surface area contributed by atoms with Crippen LogP contribution in [0.25, 0.3) is 0 Å². The van der Waals surface area contributed by atoms with E-state index >= 15 is 0 Å². The van der Waals surface area contributed by atoms with Crippen molar-refractivity contribution in [3.05, 3.63) is 56.3 Å². The molecule has 0 N–H and O–H groups in total. The Balaban J connectivity index is 2.40. The lowest BCUT2D eigenvalue weighted by Crippen LogP contribution is -2.29. The first-order valence-electron chi connectivity index (χ1n) is 8.66. The van der Waals surface area contributed by atoms with Crippen LogP contribution < -0.4 is 5.56 Å². The summed E-state index contributed by atoms with van der Waals surface area (Å²) in [5, 5.41) is 9.34. The zero-order valence-corrected chi connectivity index (χ0v) is 16.5. The second-order valence-corrected chi connectivity index (χ2v) is 6.47. The van der Waals surface area contributed by atoms with Crippen LogP contribution in [0.2, 0.25) is 0 Å². The van der Waals surface area contributed by atoms with E-state index in [0.29, 0.717) is 30.0 Å². The normalized spacial score (nSPS) is 10.8. The largest absolute Gasteiger partial charge is 0.383 e. The number of aryl methyl sites for hydroxylation is 2. The van der Waals surface area contributed by atoms with Gasteiger partial charge in [0, 0.05) is 49.0 Å². The Morgan fingerprint density at radius 1 is 1.11 bits per heavy atom. The molecule has 2 rings (SSSR count). The van der Waals surface area contributed by atoms with E-state index < -0.39 is 5.56 Å². The van der Waals surface area contributed by atoms with Crippen LogP contribution in [0.4, 0.5) is 0 Å². The van der Waals surface area contributed by atoms with Gasteiger partial charge in [0.05, 0.1) is 19.8 Å². The van der Waals surface area contributed by atoms with Gasteiger partial charge in [-0.2, -0.15) is 5.26 Å². The van der Waals surface area contributed by atoms with Crippen LogP contribution in [0.3, 0.4) is 0 Å². The molecule has 0 saturated carbocycles. The van der Waals surface area contributed by atoms with Crippen molar-refractivity contribution in [3.63, 3.8) is 0 Å². The summed E-state index contributed by atoms with van der Waals surface area (Å²) in [4.78, 5) is 25.6. The number of carbonyl (C=O) groups excluding carboxylic acids is 1. The molecule has 7 nitrogen and oxygen atoms in total. The number of methoxy groups -OCH3 is 2. The van der Waals surface area contributed by atoms with Gasteiger partial charge in [0.2, 0.25) is 0 Å². The molecule has 7 heteroatoms. The molecule has 2 aromatic rings. The average Bonchev–Trinajstić information content (AvgIpc) is 2.91. The number of nitrogens with zero attached hydrogens (tertiary/aromatic N) is 3. The molecule has 0 aliphatic heterocycles. The van der Waals surface area contributed by atoms with E-state index in [1.807, 2.05) is 30.6 Å². The minimum absolute atomic E-state index is 0.0146. The first-order chi connectivity index (χ1) is 12.8. The molecule has 0 radical (unpaired) electrons. The summed E-state index contributed by atoms with van der Waals surface area (Å²) in [7, 11) is 3.14. The Bertz CT molecular complexity index is 948. The van der Waals surface area contributed by atoms with Crippen molar-refractivity contribution in [2.24, 2.45) is 0 Å². The number of pyridine rings is 1. The lowest BCUT2D eigenvalue weighted by molar-refractivity contribution is 0.0969. The van der Waals surface area contributed by atoms with Gasteiger partial charge in [-0.3, -0.25) is 9.59 Å². The van der Waals surface area contributed by atoms with Gasteiger partial charge in [-0.1, -0.05) is 0 Å². The van der Waals surface area contributed by atoms with Crippen molar-refractivity contribution >= 4 is 5.78 Å². The van der Waals surface area contributed by atoms with Crippen molar-refractivity contribution in [1.82, 2.24) is 9.13 Å². The molecule has 0 aliphatic carbocycles. The zero-order chi connectivity index (χ0) is 20.1. The number of ether oxygens (including phenoxy) is 2. The molecule has 144 valence electrons. The zero-order valence-electron chi connectivity index (χ0n) is 16.5. The molecule has 0 spiro atoms. The third kappa shape index (κ3) is 4.18. The van der Waals surface area contributed by atoms with E-state index in [0.717, 1.165) is 11.4 Å². The summed E-state index contributed by atoms with van der Waals surface area (Å²) in [5.41, 5.74) is 3.08. The molecular formula is C20H25N3O4. The van der Waals surface area contributed by atoms with Crippen molar-refractivity contribution in [1.29, 1.82) is 5.26 Å². The maximum absolute atomic E-state index is 12.9. The Labute approximate surface area is 158 Å². The number of nitriles is 1. The van der Waals surface area contributed by atoms with Crippen LogP contribution in [0.5, 0.6) is 0 Å². The maximum atomic E-state index is 12.9. The Morgan fingerprint density at radius 2 is 1.78 bits per heavy atom. The smallest absolute Gasteiger partial charge is 0.269 e. The fourth-order valence-corrected chi connectivity index (χ4v) is 3.26. The topological polar surface area (TPSA) is 86.2 Å². The molecule has 0 amide bonds. The Morgan fingerprint density at radius 3 is 2.37 bits per heavy atom. The van der Waals surface area contributed by atoms with Gasteiger partial charge in [-0.15, -0.1) is 0 Å². The summed E-state index contributed by atoms with van der Waals surface area (Å²) >= 11 is 0. The second-order valence-electron chi connectivity index (χ2n) is 6.47. The molecule has 0 aromatic carbocycles. The minimum atomic E-state index is -0.467. The number of hydrogen-bond donors (Lipinski definition) is 0. The molecule has 27 heavy (non-hydrogen) atoms. The highest BCUT2D eigenvalue weighted by Crippen LogP contribution is 2.17. The number of Topliss-reactive ketones (excluding diaryl/α,β-unsaturated/α-hetero) is 1. The molecular weight excluding hydrogens is 346 g/mol. The van der Waals surface area contributed by atoms with Crippen LogP contribution >= 0.6 is 0 Å². The van der Waals surface area contributed by atoms with E-state index in [1.165, 1.54) is 11.7 Å². The number of rotatable bonds is 8. The summed E-state index contributed by atoms with van der Waals surface area (Å²) in [6.45, 7) is 6.84. The van der Waals surface area contributed by atoms with Gasteiger partial charge in [-0.05, 0) is 32.9 Å². The predicted octanol–water partition coefficient (Wildman–Crippen LogP) is 2.12. The molecule has 0 unspecified atom stereocenters. The van der Waals surface area contributed by atoms with Gasteiger partial charge in [0.15, 0.2) is 5.78 Å². The average molecular weight is 371 g/mol. The monoisotopic (exact) mass is 371 g/mol. The van der Waals surface area contributed by atoms with Gasteiger partial charge in [0.25, 0.3) is 5.56 Å². The first kappa shape index (κ1) is 20.6. The SMILES string of the molecule is COCCn1c(C)cc(C(=O)Cn2c(C)cc(COC)c(C#N)c2=O)c1C. The fourth-order valence-electron chi connectivity index (χ4n) is 3.26. The fraction of sp³-hybridized carbons (Fsp3) is 0.450. The van der Waals surface area contributed by atoms with Gasteiger partial charge < -0.3 is 18.6 Å². The van der Waals surface area contributed by atoms with Crippen molar-refractivity contribution < 1.29 is 14.3 Å². The van der Waals surface area contributed by atoms with Gasteiger partial charge in [0.1, 0.15) is 11.6 Å². The van der Waals surface area contributed by atoms with Crippen LogP contribution in [0.1, 0.15) is 38.6 Å². The van der Waals surface area contributed by atoms with Crippen molar-refractivity contribution in [2.45, 2.75) is 40.5 Å². The minimum Gasteiger partial charge on any atom is -0.383 e. The lowest BCUT2D eigenvalue weighted by atomic mass is 10.1. The summed E-state index contributed by atoms with van der Waals surface area (Å²) in [6, 6.07) is 5.49. The quantitative estimate of drug-likeness (QED) is 0.664. The maximum Gasteiger partial charge on any atom is 0.269 e. The standard InChI is InChI=1S/C20H25N3O4/c1-13-8-16(12-27-5)18(10-21)20(25)23(13)11-19(24)17-9-14(2)22(15(17)3)6-7-26-4/h8-9H,6-7,11-12H2,1-5H3.